The fourth-order valence-electron chi connectivity index (χ4n) is 4.43. The molecule has 0 aromatic heterocycles. The molecule has 1 atom stereocenters. The van der Waals surface area contributed by atoms with Gasteiger partial charge in [-0.1, -0.05) is 30.3 Å². The normalized spacial score (nSPS) is 18.6. The molecule has 174 valence electrons. The number of hydrogen-bond acceptors (Lipinski definition) is 5. The zero-order valence-electron chi connectivity index (χ0n) is 19.2. The number of nitrogens with zero attached hydrogens (tertiary/aromatic N) is 2. The van der Waals surface area contributed by atoms with Crippen LogP contribution in [-0.4, -0.2) is 73.9 Å². The lowest BCUT2D eigenvalue weighted by atomic mass is 9.89. The van der Waals surface area contributed by atoms with Gasteiger partial charge in [0, 0.05) is 46.3 Å². The standard InChI is InChI=1S/C17H17FO.C9H18N2O2/c18-16-6-5-12-9-13-3-1-2-4-17(13)14(7-8-19)10-15(12)11-16;1-9(12)13-8-7-11-5-3-10(2)4-6-11/h1-6,11,14,19H,7-10H2;3-8H2,1-2H3/t14-;/m0./s1. The fraction of sp³-hybridized carbons (Fsp3) is 0.500. The molecule has 0 radical (unpaired) electrons. The predicted molar refractivity (Wildman–Crippen MR) is 124 cm³/mol. The first-order valence-electron chi connectivity index (χ1n) is 11.5. The number of fused-ring (bicyclic) bond motifs is 2. The van der Waals surface area contributed by atoms with Crippen LogP contribution >= 0.6 is 0 Å². The van der Waals surface area contributed by atoms with Gasteiger partial charge in [0.25, 0.3) is 0 Å². The SMILES string of the molecule is CC(=O)OCCN1CCN(C)CC1.OCC[C@H]1Cc2cc(F)ccc2Cc2ccccc21. The van der Waals surface area contributed by atoms with Crippen LogP contribution in [0.3, 0.4) is 0 Å². The van der Waals surface area contributed by atoms with Crippen molar-refractivity contribution in [1.82, 2.24) is 9.80 Å². The summed E-state index contributed by atoms with van der Waals surface area (Å²) in [6, 6.07) is 13.4. The summed E-state index contributed by atoms with van der Waals surface area (Å²) >= 11 is 0. The maximum atomic E-state index is 13.4. The second kappa shape index (κ2) is 12.1. The van der Waals surface area contributed by atoms with Crippen molar-refractivity contribution in [2.24, 2.45) is 0 Å². The number of esters is 1. The molecule has 0 amide bonds. The van der Waals surface area contributed by atoms with Crippen LogP contribution in [-0.2, 0) is 22.4 Å². The number of carbonyl (C=O) groups is 1. The van der Waals surface area contributed by atoms with E-state index >= 15 is 0 Å². The van der Waals surface area contributed by atoms with Gasteiger partial charge in [0.2, 0.25) is 0 Å². The van der Waals surface area contributed by atoms with Crippen molar-refractivity contribution in [2.75, 3.05) is 53.0 Å². The lowest BCUT2D eigenvalue weighted by Gasteiger charge is -2.31. The van der Waals surface area contributed by atoms with Crippen molar-refractivity contribution in [3.63, 3.8) is 0 Å². The highest BCUT2D eigenvalue weighted by atomic mass is 19.1. The smallest absolute Gasteiger partial charge is 0.302 e. The van der Waals surface area contributed by atoms with E-state index in [1.54, 1.807) is 6.07 Å². The third-order valence-corrected chi connectivity index (χ3v) is 6.30. The molecule has 1 aliphatic carbocycles. The lowest BCUT2D eigenvalue weighted by molar-refractivity contribution is -0.141. The Hall–Kier alpha value is -2.28. The maximum Gasteiger partial charge on any atom is 0.302 e. The Kier molecular flexibility index (Phi) is 9.21. The molecule has 32 heavy (non-hydrogen) atoms. The van der Waals surface area contributed by atoms with Crippen LogP contribution in [0.5, 0.6) is 0 Å². The number of piperazine rings is 1. The van der Waals surface area contributed by atoms with Crippen LogP contribution in [0.4, 0.5) is 4.39 Å². The average molecular weight is 443 g/mol. The van der Waals surface area contributed by atoms with Gasteiger partial charge >= 0.3 is 5.97 Å². The summed E-state index contributed by atoms with van der Waals surface area (Å²) in [6.07, 6.45) is 2.39. The topological polar surface area (TPSA) is 53.0 Å². The number of ether oxygens (including phenoxy) is 1. The van der Waals surface area contributed by atoms with Crippen molar-refractivity contribution in [3.05, 3.63) is 70.5 Å². The number of hydrogen-bond donors (Lipinski definition) is 1. The summed E-state index contributed by atoms with van der Waals surface area (Å²) in [5.41, 5.74) is 4.88. The van der Waals surface area contributed by atoms with Crippen LogP contribution in [0, 0.1) is 5.82 Å². The van der Waals surface area contributed by atoms with E-state index < -0.39 is 0 Å². The van der Waals surface area contributed by atoms with Gasteiger partial charge in [-0.15, -0.1) is 0 Å². The van der Waals surface area contributed by atoms with E-state index in [4.69, 9.17) is 4.74 Å². The second-order valence-corrected chi connectivity index (χ2v) is 8.69. The molecule has 1 aliphatic heterocycles. The second-order valence-electron chi connectivity index (χ2n) is 8.69. The van der Waals surface area contributed by atoms with Crippen molar-refractivity contribution >= 4 is 5.97 Å². The van der Waals surface area contributed by atoms with Crippen LogP contribution in [0.15, 0.2) is 42.5 Å². The van der Waals surface area contributed by atoms with E-state index in [2.05, 4.69) is 29.0 Å². The molecule has 4 rings (SSSR count). The molecule has 5 nitrogen and oxygen atoms in total. The van der Waals surface area contributed by atoms with Crippen LogP contribution < -0.4 is 0 Å². The largest absolute Gasteiger partial charge is 0.465 e. The molecule has 6 heteroatoms. The van der Waals surface area contributed by atoms with E-state index in [-0.39, 0.29) is 24.3 Å². The minimum absolute atomic E-state index is 0.170. The molecule has 1 fully saturated rings. The molecule has 2 aliphatic rings. The number of benzene rings is 2. The Balaban J connectivity index is 0.000000195. The highest BCUT2D eigenvalue weighted by Crippen LogP contribution is 2.34. The summed E-state index contributed by atoms with van der Waals surface area (Å²) in [5, 5.41) is 9.26. The first kappa shape index (κ1) is 24.4. The average Bonchev–Trinajstić information content (AvgIpc) is 2.92. The van der Waals surface area contributed by atoms with E-state index in [0.717, 1.165) is 57.5 Å². The third kappa shape index (κ3) is 7.12. The number of aliphatic hydroxyl groups is 1. The van der Waals surface area contributed by atoms with Crippen molar-refractivity contribution in [2.45, 2.75) is 32.1 Å². The summed E-state index contributed by atoms with van der Waals surface area (Å²) in [6.45, 7) is 7.40. The summed E-state index contributed by atoms with van der Waals surface area (Å²) in [5.74, 6) is -0.0779. The van der Waals surface area contributed by atoms with Crippen LogP contribution in [0.1, 0.15) is 41.5 Å². The van der Waals surface area contributed by atoms with Gasteiger partial charge in [0.1, 0.15) is 12.4 Å². The van der Waals surface area contributed by atoms with E-state index in [1.165, 1.54) is 29.7 Å². The van der Waals surface area contributed by atoms with Gasteiger partial charge in [-0.25, -0.2) is 4.39 Å². The van der Waals surface area contributed by atoms with Crippen LogP contribution in [0.25, 0.3) is 0 Å². The quantitative estimate of drug-likeness (QED) is 0.721. The van der Waals surface area contributed by atoms with Crippen molar-refractivity contribution in [1.29, 1.82) is 0 Å². The number of aliphatic hydroxyl groups excluding tert-OH is 1. The molecular formula is C26H35FN2O3. The molecular weight excluding hydrogens is 407 g/mol. The number of likely N-dealkylation sites (N-methyl/N-ethyl adjacent to an activating group) is 1. The Morgan fingerprint density at radius 1 is 1.09 bits per heavy atom. The Bertz CT molecular complexity index is 881. The van der Waals surface area contributed by atoms with Gasteiger partial charge in [-0.2, -0.15) is 0 Å². The van der Waals surface area contributed by atoms with E-state index in [9.17, 15) is 14.3 Å². The molecule has 0 unspecified atom stereocenters. The molecule has 1 saturated heterocycles. The van der Waals surface area contributed by atoms with Gasteiger partial charge in [0.05, 0.1) is 0 Å². The van der Waals surface area contributed by atoms with Crippen LogP contribution in [0.2, 0.25) is 0 Å². The van der Waals surface area contributed by atoms with E-state index in [1.807, 2.05) is 18.2 Å². The molecule has 2 aromatic carbocycles. The van der Waals surface area contributed by atoms with Gasteiger partial charge in [-0.05, 0) is 66.6 Å². The molecule has 0 saturated carbocycles. The van der Waals surface area contributed by atoms with Crippen molar-refractivity contribution < 1.29 is 19.0 Å². The molecule has 1 N–H and O–H groups in total. The zero-order valence-corrected chi connectivity index (χ0v) is 19.2. The highest BCUT2D eigenvalue weighted by Gasteiger charge is 2.21. The number of halogens is 1. The maximum absolute atomic E-state index is 13.4. The monoisotopic (exact) mass is 442 g/mol. The highest BCUT2D eigenvalue weighted by molar-refractivity contribution is 5.65. The minimum atomic E-state index is -0.186. The fourth-order valence-corrected chi connectivity index (χ4v) is 4.43. The molecule has 0 spiro atoms. The molecule has 0 bridgehead atoms. The van der Waals surface area contributed by atoms with Gasteiger partial charge < -0.3 is 14.7 Å². The minimum Gasteiger partial charge on any atom is -0.465 e. The van der Waals surface area contributed by atoms with Gasteiger partial charge in [0.15, 0.2) is 0 Å². The Morgan fingerprint density at radius 2 is 1.84 bits per heavy atom. The summed E-state index contributed by atoms with van der Waals surface area (Å²) in [7, 11) is 2.13. The Labute approximate surface area is 190 Å². The molecule has 2 aromatic rings. The number of carbonyl (C=O) groups excluding carboxylic acids is 1. The molecule has 1 heterocycles. The zero-order chi connectivity index (χ0) is 22.9. The summed E-state index contributed by atoms with van der Waals surface area (Å²) < 4.78 is 18.3. The van der Waals surface area contributed by atoms with E-state index in [0.29, 0.717) is 6.61 Å². The van der Waals surface area contributed by atoms with Crippen molar-refractivity contribution in [3.8, 4) is 0 Å². The third-order valence-electron chi connectivity index (χ3n) is 6.30. The predicted octanol–water partition coefficient (Wildman–Crippen LogP) is 3.24. The first-order valence-corrected chi connectivity index (χ1v) is 11.5. The Morgan fingerprint density at radius 3 is 2.56 bits per heavy atom. The summed E-state index contributed by atoms with van der Waals surface area (Å²) in [4.78, 5) is 15.1. The first-order chi connectivity index (χ1) is 15.5. The number of rotatable bonds is 5. The van der Waals surface area contributed by atoms with Gasteiger partial charge in [-0.3, -0.25) is 9.69 Å². The lowest BCUT2D eigenvalue weighted by Crippen LogP contribution is -2.45.